The highest BCUT2D eigenvalue weighted by Gasteiger charge is 2.90. The second-order valence-corrected chi connectivity index (χ2v) is 16.4. The highest BCUT2D eigenvalue weighted by atomic mass is 14.9. The van der Waals surface area contributed by atoms with Gasteiger partial charge in [0.2, 0.25) is 0 Å². The Labute approximate surface area is 194 Å². The van der Waals surface area contributed by atoms with Crippen LogP contribution in [-0.2, 0) is 0 Å². The molecule has 0 spiro atoms. The fourth-order valence-corrected chi connectivity index (χ4v) is 14.4. The van der Waals surface area contributed by atoms with Gasteiger partial charge in [0, 0.05) is 0 Å². The molecule has 0 aliphatic heterocycles. The molecule has 0 heteroatoms. The Hall–Kier alpha value is 0. The molecule has 0 N–H and O–H groups in total. The lowest BCUT2D eigenvalue weighted by Gasteiger charge is -2.93. The summed E-state index contributed by atoms with van der Waals surface area (Å²) in [6, 6.07) is 0. The summed E-state index contributed by atoms with van der Waals surface area (Å²) in [6.45, 7) is 27.4. The highest BCUT2D eigenvalue weighted by molar-refractivity contribution is 5.37. The van der Waals surface area contributed by atoms with Gasteiger partial charge in [-0.25, -0.2) is 0 Å². The van der Waals surface area contributed by atoms with Gasteiger partial charge in [-0.05, 0) is 125 Å². The van der Waals surface area contributed by atoms with Gasteiger partial charge in [-0.15, -0.1) is 0 Å². The van der Waals surface area contributed by atoms with Crippen molar-refractivity contribution in [2.24, 2.45) is 67.0 Å². The molecular weight excluding hydrogens is 372 g/mol. The van der Waals surface area contributed by atoms with Crippen molar-refractivity contribution in [1.82, 2.24) is 0 Å². The fraction of sp³-hybridized carbons (Fsp3) is 1.00. The zero-order chi connectivity index (χ0) is 22.7. The fourth-order valence-electron chi connectivity index (χ4n) is 14.4. The van der Waals surface area contributed by atoms with E-state index in [1.165, 1.54) is 44.9 Å². The molecule has 0 aromatic carbocycles. The summed E-state index contributed by atoms with van der Waals surface area (Å²) in [4.78, 5) is 0. The van der Waals surface area contributed by atoms with Gasteiger partial charge in [-0.1, -0.05) is 69.2 Å². The molecule has 0 heterocycles. The Morgan fingerprint density at radius 1 is 0.516 bits per heavy atom. The van der Waals surface area contributed by atoms with Crippen LogP contribution in [0.4, 0.5) is 0 Å². The minimum atomic E-state index is 0.466. The topological polar surface area (TPSA) is 0 Å². The molecule has 0 amide bonds. The molecule has 0 aromatic heterocycles. The van der Waals surface area contributed by atoms with Crippen LogP contribution in [0.1, 0.15) is 127 Å². The van der Waals surface area contributed by atoms with Gasteiger partial charge in [0.1, 0.15) is 0 Å². The Bertz CT molecular complexity index is 817. The maximum Gasteiger partial charge on any atom is -0.0114 e. The highest BCUT2D eigenvalue weighted by Crippen LogP contribution is 2.96. The van der Waals surface area contributed by atoms with Crippen LogP contribution in [0.3, 0.4) is 0 Å². The Morgan fingerprint density at radius 2 is 1.03 bits per heavy atom. The number of rotatable bonds is 2. The monoisotopic (exact) mass is 424 g/mol. The molecule has 0 radical (unpaired) electrons. The molecular formula is C31H52. The Kier molecular flexibility index (Phi) is 3.68. The molecule has 0 nitrogen and oxygen atoms in total. The van der Waals surface area contributed by atoms with E-state index >= 15 is 0 Å². The van der Waals surface area contributed by atoms with Gasteiger partial charge in [0.25, 0.3) is 0 Å². The van der Waals surface area contributed by atoms with Gasteiger partial charge in [0.05, 0.1) is 0 Å². The van der Waals surface area contributed by atoms with E-state index in [1.807, 2.05) is 0 Å². The lowest BCUT2D eigenvalue weighted by molar-refractivity contribution is -0.453. The standard InChI is InChI=1S/C31H52/c1-20-11-12-21-17-29(20,25(21,4)5)28(10)16-14-23-19-31(28,27(23,8)9)30-18-22(26(30,6)7)13-15-24(30,2)3/h20-23H,11-19H2,1-10H3. The zero-order valence-corrected chi connectivity index (χ0v) is 22.7. The first-order valence-corrected chi connectivity index (χ1v) is 14.1. The molecule has 0 aromatic rings. The summed E-state index contributed by atoms with van der Waals surface area (Å²) in [5.41, 5.74) is 4.03. The number of fused-ring (bicyclic) bond motifs is 6. The zero-order valence-electron chi connectivity index (χ0n) is 22.7. The largest absolute Gasteiger partial charge is 0.0619 e. The predicted octanol–water partition coefficient (Wildman–Crippen LogP) is 9.13. The molecule has 9 aliphatic rings. The summed E-state index contributed by atoms with van der Waals surface area (Å²) in [5, 5.41) is 0. The third-order valence-corrected chi connectivity index (χ3v) is 15.8. The second-order valence-electron chi connectivity index (χ2n) is 16.4. The van der Waals surface area contributed by atoms with Crippen molar-refractivity contribution < 1.29 is 0 Å². The van der Waals surface area contributed by atoms with Crippen LogP contribution in [0.2, 0.25) is 0 Å². The first-order chi connectivity index (χ1) is 14.1. The van der Waals surface area contributed by atoms with E-state index in [1.54, 1.807) is 12.8 Å². The molecule has 176 valence electrons. The van der Waals surface area contributed by atoms with Crippen LogP contribution in [0, 0.1) is 67.0 Å². The molecule has 9 saturated carbocycles. The van der Waals surface area contributed by atoms with Crippen molar-refractivity contribution in [3.05, 3.63) is 0 Å². The minimum Gasteiger partial charge on any atom is -0.0619 e. The maximum atomic E-state index is 2.90. The maximum absolute atomic E-state index is 2.90. The molecule has 8 unspecified atom stereocenters. The Morgan fingerprint density at radius 3 is 1.52 bits per heavy atom. The van der Waals surface area contributed by atoms with Crippen molar-refractivity contribution in [3.8, 4) is 0 Å². The van der Waals surface area contributed by atoms with E-state index < -0.39 is 0 Å². The summed E-state index contributed by atoms with van der Waals surface area (Å²) in [7, 11) is 0. The van der Waals surface area contributed by atoms with Crippen LogP contribution < -0.4 is 0 Å². The first kappa shape index (κ1) is 21.5. The van der Waals surface area contributed by atoms with Gasteiger partial charge in [-0.3, -0.25) is 0 Å². The summed E-state index contributed by atoms with van der Waals surface area (Å²) < 4.78 is 0. The van der Waals surface area contributed by atoms with Crippen molar-refractivity contribution in [3.63, 3.8) is 0 Å². The summed E-state index contributed by atoms with van der Waals surface area (Å²) in [6.07, 6.45) is 13.6. The normalized spacial score (nSPS) is 59.0. The van der Waals surface area contributed by atoms with Crippen LogP contribution in [0.25, 0.3) is 0 Å². The minimum absolute atomic E-state index is 0.466. The number of hydrogen-bond donors (Lipinski definition) is 0. The summed E-state index contributed by atoms with van der Waals surface area (Å²) >= 11 is 0. The third-order valence-electron chi connectivity index (χ3n) is 15.8. The Balaban J connectivity index is 1.63. The summed E-state index contributed by atoms with van der Waals surface area (Å²) in [5.74, 6) is 3.82. The SMILES string of the molecule is CC1CCC2CC1(C1(C)CCC3CC1(C14CC(CCC1(C)C)C4(C)C)C3(C)C)C2(C)C. The van der Waals surface area contributed by atoms with Crippen LogP contribution >= 0.6 is 0 Å². The van der Waals surface area contributed by atoms with E-state index in [-0.39, 0.29) is 0 Å². The molecule has 9 fully saturated rings. The molecule has 8 atom stereocenters. The van der Waals surface area contributed by atoms with Crippen LogP contribution in [-0.4, -0.2) is 0 Å². The van der Waals surface area contributed by atoms with Crippen molar-refractivity contribution in [1.29, 1.82) is 0 Å². The number of hydrogen-bond acceptors (Lipinski definition) is 0. The van der Waals surface area contributed by atoms with E-state index in [0.717, 1.165) is 23.7 Å². The third kappa shape index (κ3) is 1.66. The van der Waals surface area contributed by atoms with Crippen molar-refractivity contribution >= 4 is 0 Å². The first-order valence-electron chi connectivity index (χ1n) is 14.1. The molecule has 0 saturated heterocycles. The van der Waals surface area contributed by atoms with Crippen LogP contribution in [0.5, 0.6) is 0 Å². The molecule has 9 rings (SSSR count). The van der Waals surface area contributed by atoms with E-state index in [2.05, 4.69) is 69.2 Å². The second kappa shape index (κ2) is 5.30. The van der Waals surface area contributed by atoms with Crippen molar-refractivity contribution in [2.75, 3.05) is 0 Å². The van der Waals surface area contributed by atoms with Crippen molar-refractivity contribution in [2.45, 2.75) is 127 Å². The molecule has 6 bridgehead atoms. The average Bonchev–Trinajstić information content (AvgIpc) is 2.66. The predicted molar refractivity (Wildman–Crippen MR) is 132 cm³/mol. The van der Waals surface area contributed by atoms with Gasteiger partial charge in [-0.2, -0.15) is 0 Å². The molecule has 9 aliphatic carbocycles. The van der Waals surface area contributed by atoms with E-state index in [0.29, 0.717) is 43.3 Å². The van der Waals surface area contributed by atoms with E-state index in [4.69, 9.17) is 0 Å². The van der Waals surface area contributed by atoms with Gasteiger partial charge in [0.15, 0.2) is 0 Å². The smallest absolute Gasteiger partial charge is 0.0114 e. The quantitative estimate of drug-likeness (QED) is 0.414. The van der Waals surface area contributed by atoms with E-state index in [9.17, 15) is 0 Å². The average molecular weight is 425 g/mol. The van der Waals surface area contributed by atoms with Gasteiger partial charge >= 0.3 is 0 Å². The van der Waals surface area contributed by atoms with Gasteiger partial charge < -0.3 is 0 Å². The lowest BCUT2D eigenvalue weighted by atomic mass is 9.11. The lowest BCUT2D eigenvalue weighted by Crippen LogP contribution is -2.87. The molecule has 31 heavy (non-hydrogen) atoms. The van der Waals surface area contributed by atoms with Crippen LogP contribution in [0.15, 0.2) is 0 Å².